The van der Waals surface area contributed by atoms with Crippen molar-refractivity contribution in [2.75, 3.05) is 0 Å². The SMILES string of the molecule is C=C1C(C)=C(/C=C\C)C2(/C1=C/C)c1ccccc1-c1ccccc12. The smallest absolute Gasteiger partial charge is 0.0718 e. The average molecular weight is 310 g/mol. The van der Waals surface area contributed by atoms with Crippen molar-refractivity contribution in [3.8, 4) is 11.1 Å². The van der Waals surface area contributed by atoms with Gasteiger partial charge in [0.25, 0.3) is 0 Å². The van der Waals surface area contributed by atoms with Crippen molar-refractivity contribution >= 4 is 0 Å². The third kappa shape index (κ3) is 1.58. The molecule has 24 heavy (non-hydrogen) atoms. The van der Waals surface area contributed by atoms with E-state index in [9.17, 15) is 0 Å². The molecule has 0 bridgehead atoms. The monoisotopic (exact) mass is 310 g/mol. The van der Waals surface area contributed by atoms with Gasteiger partial charge in [0.05, 0.1) is 5.41 Å². The van der Waals surface area contributed by atoms with Crippen LogP contribution in [0.1, 0.15) is 31.9 Å². The minimum Gasteiger partial charge on any atom is -0.0912 e. The van der Waals surface area contributed by atoms with Gasteiger partial charge in [0.2, 0.25) is 0 Å². The normalized spacial score (nSPS) is 19.6. The van der Waals surface area contributed by atoms with Crippen LogP contribution in [0.5, 0.6) is 0 Å². The minimum atomic E-state index is -0.213. The summed E-state index contributed by atoms with van der Waals surface area (Å²) in [4.78, 5) is 0. The largest absolute Gasteiger partial charge is 0.0912 e. The van der Waals surface area contributed by atoms with Crippen LogP contribution in [0.15, 0.2) is 95.6 Å². The van der Waals surface area contributed by atoms with E-state index in [1.807, 2.05) is 0 Å². The summed E-state index contributed by atoms with van der Waals surface area (Å²) >= 11 is 0. The van der Waals surface area contributed by atoms with Gasteiger partial charge in [-0.05, 0) is 65.3 Å². The van der Waals surface area contributed by atoms with E-state index < -0.39 is 0 Å². The lowest BCUT2D eigenvalue weighted by Crippen LogP contribution is -2.26. The van der Waals surface area contributed by atoms with Crippen LogP contribution >= 0.6 is 0 Å². The first-order valence-electron chi connectivity index (χ1n) is 8.57. The quantitative estimate of drug-likeness (QED) is 0.574. The Kier molecular flexibility index (Phi) is 3.25. The van der Waals surface area contributed by atoms with E-state index in [0.717, 1.165) is 5.57 Å². The number of hydrogen-bond acceptors (Lipinski definition) is 0. The highest BCUT2D eigenvalue weighted by Gasteiger charge is 2.52. The lowest BCUT2D eigenvalue weighted by atomic mass is 9.69. The summed E-state index contributed by atoms with van der Waals surface area (Å²) in [6.07, 6.45) is 6.67. The Morgan fingerprint density at radius 3 is 1.92 bits per heavy atom. The van der Waals surface area contributed by atoms with E-state index in [1.165, 1.54) is 39.0 Å². The Morgan fingerprint density at radius 1 is 0.875 bits per heavy atom. The second kappa shape index (κ2) is 5.21. The van der Waals surface area contributed by atoms with Crippen molar-refractivity contribution in [1.82, 2.24) is 0 Å². The highest BCUT2D eigenvalue weighted by Crippen LogP contribution is 2.62. The summed E-state index contributed by atoms with van der Waals surface area (Å²) in [6, 6.07) is 17.7. The molecule has 0 unspecified atom stereocenters. The van der Waals surface area contributed by atoms with Crippen LogP contribution < -0.4 is 0 Å². The third-order valence-corrected chi connectivity index (χ3v) is 5.56. The molecular formula is C24H22. The molecule has 2 aliphatic rings. The first-order valence-corrected chi connectivity index (χ1v) is 8.57. The van der Waals surface area contributed by atoms with E-state index in [1.54, 1.807) is 0 Å². The number of fused-ring (bicyclic) bond motifs is 5. The number of rotatable bonds is 1. The molecule has 0 heterocycles. The van der Waals surface area contributed by atoms with E-state index in [-0.39, 0.29) is 5.41 Å². The Labute approximate surface area is 144 Å². The van der Waals surface area contributed by atoms with Crippen molar-refractivity contribution in [2.24, 2.45) is 0 Å². The highest BCUT2D eigenvalue weighted by atomic mass is 14.5. The maximum absolute atomic E-state index is 4.42. The van der Waals surface area contributed by atoms with Crippen LogP contribution in [0.25, 0.3) is 11.1 Å². The van der Waals surface area contributed by atoms with Gasteiger partial charge in [-0.1, -0.05) is 73.3 Å². The van der Waals surface area contributed by atoms with E-state index in [4.69, 9.17) is 0 Å². The molecule has 0 aromatic heterocycles. The van der Waals surface area contributed by atoms with E-state index in [0.29, 0.717) is 0 Å². The fourth-order valence-electron chi connectivity index (χ4n) is 4.64. The van der Waals surface area contributed by atoms with Crippen molar-refractivity contribution in [3.05, 3.63) is 107 Å². The molecule has 0 atom stereocenters. The molecule has 0 amide bonds. The van der Waals surface area contributed by atoms with Gasteiger partial charge < -0.3 is 0 Å². The van der Waals surface area contributed by atoms with Crippen molar-refractivity contribution in [1.29, 1.82) is 0 Å². The van der Waals surface area contributed by atoms with Crippen LogP contribution in [0.3, 0.4) is 0 Å². The first kappa shape index (κ1) is 15.0. The second-order valence-electron chi connectivity index (χ2n) is 6.56. The molecule has 0 saturated heterocycles. The van der Waals surface area contributed by atoms with Gasteiger partial charge in [0.15, 0.2) is 0 Å². The van der Waals surface area contributed by atoms with Gasteiger partial charge in [-0.3, -0.25) is 0 Å². The Hall–Kier alpha value is -2.60. The van der Waals surface area contributed by atoms with E-state index in [2.05, 4.69) is 94.1 Å². The second-order valence-corrected chi connectivity index (χ2v) is 6.56. The molecule has 118 valence electrons. The zero-order valence-corrected chi connectivity index (χ0v) is 14.6. The summed E-state index contributed by atoms with van der Waals surface area (Å²) in [5.41, 5.74) is 10.4. The summed E-state index contributed by atoms with van der Waals surface area (Å²) in [7, 11) is 0. The van der Waals surface area contributed by atoms with Crippen LogP contribution in [0.2, 0.25) is 0 Å². The van der Waals surface area contributed by atoms with Crippen molar-refractivity contribution in [3.63, 3.8) is 0 Å². The Balaban J connectivity index is 2.22. The standard InChI is InChI=1S/C24H22/c1-5-11-21-17(4)16(3)20(6-2)24(21)22-14-9-7-12-18(22)19-13-8-10-15-23(19)24/h5-15H,3H2,1-2,4H3/b11-5-,20-6+. The third-order valence-electron chi connectivity index (χ3n) is 5.56. The summed E-state index contributed by atoms with van der Waals surface area (Å²) in [6.45, 7) is 10.9. The highest BCUT2D eigenvalue weighted by molar-refractivity contribution is 5.90. The van der Waals surface area contributed by atoms with Crippen LogP contribution in [0, 0.1) is 0 Å². The number of allylic oxidation sites excluding steroid dienone is 7. The predicted molar refractivity (Wildman–Crippen MR) is 103 cm³/mol. The molecule has 4 rings (SSSR count). The number of hydrogen-bond donors (Lipinski definition) is 0. The molecule has 0 N–H and O–H groups in total. The zero-order chi connectivity index (χ0) is 16.9. The van der Waals surface area contributed by atoms with Crippen molar-refractivity contribution < 1.29 is 0 Å². The van der Waals surface area contributed by atoms with Gasteiger partial charge in [-0.15, -0.1) is 0 Å². The molecule has 0 heteroatoms. The summed E-state index contributed by atoms with van der Waals surface area (Å²) in [5, 5.41) is 0. The molecule has 0 aliphatic heterocycles. The fourth-order valence-corrected chi connectivity index (χ4v) is 4.64. The Morgan fingerprint density at radius 2 is 1.42 bits per heavy atom. The molecule has 2 aliphatic carbocycles. The van der Waals surface area contributed by atoms with Crippen molar-refractivity contribution in [2.45, 2.75) is 26.2 Å². The van der Waals surface area contributed by atoms with Gasteiger partial charge in [0, 0.05) is 0 Å². The Bertz CT molecular complexity index is 902. The molecule has 0 fully saturated rings. The first-order chi connectivity index (χ1) is 11.7. The van der Waals surface area contributed by atoms with Gasteiger partial charge >= 0.3 is 0 Å². The maximum Gasteiger partial charge on any atom is 0.0718 e. The van der Waals surface area contributed by atoms with Crippen LogP contribution in [0.4, 0.5) is 0 Å². The number of benzene rings is 2. The lowest BCUT2D eigenvalue weighted by Gasteiger charge is -2.32. The maximum atomic E-state index is 4.42. The molecule has 0 radical (unpaired) electrons. The molecule has 0 saturated carbocycles. The molecule has 2 aromatic carbocycles. The molecular weight excluding hydrogens is 288 g/mol. The predicted octanol–water partition coefficient (Wildman–Crippen LogP) is 6.36. The van der Waals surface area contributed by atoms with Gasteiger partial charge in [-0.25, -0.2) is 0 Å². The fraction of sp³-hybridized carbons (Fsp3) is 0.167. The topological polar surface area (TPSA) is 0 Å². The minimum absolute atomic E-state index is 0.213. The summed E-state index contributed by atoms with van der Waals surface area (Å²) in [5.74, 6) is 0. The van der Waals surface area contributed by atoms with Crippen LogP contribution in [-0.2, 0) is 5.41 Å². The van der Waals surface area contributed by atoms with Gasteiger partial charge in [-0.2, -0.15) is 0 Å². The van der Waals surface area contributed by atoms with Gasteiger partial charge in [0.1, 0.15) is 0 Å². The molecule has 1 spiro atoms. The molecule has 2 aromatic rings. The zero-order valence-electron chi connectivity index (χ0n) is 14.6. The average Bonchev–Trinajstić information content (AvgIpc) is 3.02. The summed E-state index contributed by atoms with van der Waals surface area (Å²) < 4.78 is 0. The molecule has 0 nitrogen and oxygen atoms in total. The lowest BCUT2D eigenvalue weighted by molar-refractivity contribution is 0.780. The van der Waals surface area contributed by atoms with E-state index >= 15 is 0 Å². The van der Waals surface area contributed by atoms with Crippen LogP contribution in [-0.4, -0.2) is 0 Å².